The number of aliphatic carboxylic acids is 1. The SMILES string of the molecule is O=C(O)CC/C=C\CC1CCN(S(=O)(=O)c2ccc(F)cc2)C1c1cccnc1. The van der Waals surface area contributed by atoms with Crippen molar-refractivity contribution in [3.63, 3.8) is 0 Å². The monoisotopic (exact) mass is 418 g/mol. The number of aromatic nitrogens is 1. The zero-order valence-electron chi connectivity index (χ0n) is 15.8. The first-order valence-electron chi connectivity index (χ1n) is 9.43. The summed E-state index contributed by atoms with van der Waals surface area (Å²) >= 11 is 0. The lowest BCUT2D eigenvalue weighted by atomic mass is 9.92. The van der Waals surface area contributed by atoms with Crippen LogP contribution in [-0.4, -0.2) is 35.3 Å². The molecule has 0 bridgehead atoms. The number of hydrogen-bond acceptors (Lipinski definition) is 4. The van der Waals surface area contributed by atoms with Crippen molar-refractivity contribution in [3.8, 4) is 0 Å². The van der Waals surface area contributed by atoms with E-state index in [4.69, 9.17) is 5.11 Å². The molecular weight excluding hydrogens is 395 g/mol. The van der Waals surface area contributed by atoms with Gasteiger partial charge in [-0.05, 0) is 61.1 Å². The molecule has 1 fully saturated rings. The van der Waals surface area contributed by atoms with Gasteiger partial charge in [-0.1, -0.05) is 18.2 Å². The second-order valence-electron chi connectivity index (χ2n) is 6.99. The van der Waals surface area contributed by atoms with Crippen molar-refractivity contribution in [2.45, 2.75) is 36.6 Å². The number of halogens is 1. The molecule has 1 saturated heterocycles. The Morgan fingerprint density at radius 1 is 1.24 bits per heavy atom. The number of sulfonamides is 1. The molecule has 1 aliphatic heterocycles. The maximum atomic E-state index is 13.2. The van der Waals surface area contributed by atoms with Gasteiger partial charge in [-0.15, -0.1) is 0 Å². The molecule has 3 rings (SSSR count). The molecule has 154 valence electrons. The van der Waals surface area contributed by atoms with Crippen molar-refractivity contribution in [1.29, 1.82) is 0 Å². The van der Waals surface area contributed by atoms with E-state index in [9.17, 15) is 17.6 Å². The summed E-state index contributed by atoms with van der Waals surface area (Å²) in [5.41, 5.74) is 0.805. The number of nitrogens with zero attached hydrogens (tertiary/aromatic N) is 2. The van der Waals surface area contributed by atoms with Crippen LogP contribution in [0.25, 0.3) is 0 Å². The van der Waals surface area contributed by atoms with Crippen molar-refractivity contribution >= 4 is 16.0 Å². The summed E-state index contributed by atoms with van der Waals surface area (Å²) in [5, 5.41) is 8.73. The molecule has 1 aromatic heterocycles. The summed E-state index contributed by atoms with van der Waals surface area (Å²) in [4.78, 5) is 14.8. The van der Waals surface area contributed by atoms with Crippen LogP contribution in [0.2, 0.25) is 0 Å². The lowest BCUT2D eigenvalue weighted by Crippen LogP contribution is -2.32. The van der Waals surface area contributed by atoms with Gasteiger partial charge in [-0.2, -0.15) is 4.31 Å². The number of carbonyl (C=O) groups is 1. The molecule has 29 heavy (non-hydrogen) atoms. The highest BCUT2D eigenvalue weighted by atomic mass is 32.2. The quantitative estimate of drug-likeness (QED) is 0.659. The summed E-state index contributed by atoms with van der Waals surface area (Å²) in [6.45, 7) is 0.354. The van der Waals surface area contributed by atoms with Crippen LogP contribution in [0, 0.1) is 11.7 Å². The lowest BCUT2D eigenvalue weighted by Gasteiger charge is -2.27. The molecule has 8 heteroatoms. The zero-order valence-corrected chi connectivity index (χ0v) is 16.6. The first kappa shape index (κ1) is 21.1. The Hall–Kier alpha value is -2.58. The lowest BCUT2D eigenvalue weighted by molar-refractivity contribution is -0.136. The van der Waals surface area contributed by atoms with Crippen molar-refractivity contribution in [3.05, 3.63) is 72.3 Å². The summed E-state index contributed by atoms with van der Waals surface area (Å²) in [5.74, 6) is -1.30. The predicted octanol–water partition coefficient (Wildman–Crippen LogP) is 3.78. The van der Waals surface area contributed by atoms with Crippen LogP contribution in [0.4, 0.5) is 4.39 Å². The molecule has 2 atom stereocenters. The van der Waals surface area contributed by atoms with Gasteiger partial charge in [0.2, 0.25) is 10.0 Å². The number of carboxylic acids is 1. The Morgan fingerprint density at radius 2 is 2.00 bits per heavy atom. The third kappa shape index (κ3) is 5.07. The van der Waals surface area contributed by atoms with E-state index in [-0.39, 0.29) is 23.3 Å². The Labute approximate surface area is 169 Å². The van der Waals surface area contributed by atoms with Gasteiger partial charge in [0.25, 0.3) is 0 Å². The Morgan fingerprint density at radius 3 is 2.66 bits per heavy atom. The fourth-order valence-electron chi connectivity index (χ4n) is 3.67. The smallest absolute Gasteiger partial charge is 0.303 e. The topological polar surface area (TPSA) is 87.6 Å². The van der Waals surface area contributed by atoms with Crippen molar-refractivity contribution in [2.75, 3.05) is 6.54 Å². The van der Waals surface area contributed by atoms with Gasteiger partial charge in [0.05, 0.1) is 10.9 Å². The van der Waals surface area contributed by atoms with Gasteiger partial charge in [-0.25, -0.2) is 12.8 Å². The molecule has 0 aliphatic carbocycles. The fraction of sp³-hybridized carbons (Fsp3) is 0.333. The van der Waals surface area contributed by atoms with Crippen LogP contribution in [0.3, 0.4) is 0 Å². The normalized spacial score (nSPS) is 20.3. The maximum Gasteiger partial charge on any atom is 0.303 e. The molecule has 1 N–H and O–H groups in total. The van der Waals surface area contributed by atoms with E-state index in [0.717, 1.165) is 17.7 Å². The fourth-order valence-corrected chi connectivity index (χ4v) is 5.36. The minimum Gasteiger partial charge on any atom is -0.481 e. The van der Waals surface area contributed by atoms with Crippen LogP contribution >= 0.6 is 0 Å². The van der Waals surface area contributed by atoms with Crippen LogP contribution < -0.4 is 0 Å². The van der Waals surface area contributed by atoms with Crippen LogP contribution in [0.1, 0.15) is 37.3 Å². The molecular formula is C21H23FN2O4S. The van der Waals surface area contributed by atoms with Gasteiger partial charge in [0.15, 0.2) is 0 Å². The van der Waals surface area contributed by atoms with Crippen molar-refractivity contribution in [2.24, 2.45) is 5.92 Å². The molecule has 6 nitrogen and oxygen atoms in total. The molecule has 1 aromatic carbocycles. The second-order valence-corrected chi connectivity index (χ2v) is 8.88. The third-order valence-corrected chi connectivity index (χ3v) is 6.95. The minimum atomic E-state index is -3.80. The average molecular weight is 418 g/mol. The summed E-state index contributed by atoms with van der Waals surface area (Å²) < 4.78 is 41.2. The largest absolute Gasteiger partial charge is 0.481 e. The van der Waals surface area contributed by atoms with Gasteiger partial charge in [0.1, 0.15) is 5.82 Å². The van der Waals surface area contributed by atoms with E-state index in [0.29, 0.717) is 25.8 Å². The molecule has 1 aliphatic rings. The maximum absolute atomic E-state index is 13.2. The van der Waals surface area contributed by atoms with Crippen molar-refractivity contribution in [1.82, 2.24) is 9.29 Å². The Kier molecular flexibility index (Phi) is 6.76. The molecule has 2 heterocycles. The highest BCUT2D eigenvalue weighted by molar-refractivity contribution is 7.89. The van der Waals surface area contributed by atoms with E-state index in [1.165, 1.54) is 16.4 Å². The van der Waals surface area contributed by atoms with E-state index < -0.39 is 21.8 Å². The first-order chi connectivity index (χ1) is 13.9. The number of hydrogen-bond donors (Lipinski definition) is 1. The van der Waals surface area contributed by atoms with Crippen molar-refractivity contribution < 1.29 is 22.7 Å². The number of benzene rings is 1. The molecule has 2 aromatic rings. The average Bonchev–Trinajstić information content (AvgIpc) is 3.13. The van der Waals surface area contributed by atoms with E-state index >= 15 is 0 Å². The minimum absolute atomic E-state index is 0.0375. The standard InChI is InChI=1S/C21H23FN2O4S/c22-18-8-10-19(11-9-18)29(27,28)24-14-12-16(5-2-1-3-7-20(25)26)21(24)17-6-4-13-23-15-17/h1-2,4,6,8-11,13,15-16,21H,3,5,7,12,14H2,(H,25,26)/b2-1-. The molecule has 0 amide bonds. The summed E-state index contributed by atoms with van der Waals surface area (Å²) in [7, 11) is -3.80. The zero-order chi connectivity index (χ0) is 20.9. The molecule has 0 spiro atoms. The van der Waals surface area contributed by atoms with E-state index in [1.807, 2.05) is 18.2 Å². The highest BCUT2D eigenvalue weighted by Gasteiger charge is 2.42. The van der Waals surface area contributed by atoms with Gasteiger partial charge in [-0.3, -0.25) is 9.78 Å². The number of allylic oxidation sites excluding steroid dienone is 2. The molecule has 2 unspecified atom stereocenters. The van der Waals surface area contributed by atoms with Crippen LogP contribution in [0.5, 0.6) is 0 Å². The van der Waals surface area contributed by atoms with Gasteiger partial charge in [0, 0.05) is 25.4 Å². The Balaban J connectivity index is 1.85. The first-order valence-corrected chi connectivity index (χ1v) is 10.9. The Bertz CT molecular complexity index is 962. The molecule has 0 radical (unpaired) electrons. The van der Waals surface area contributed by atoms with Gasteiger partial charge >= 0.3 is 5.97 Å². The number of carboxylic acid groups (broad SMARTS) is 1. The number of rotatable bonds is 8. The summed E-state index contributed by atoms with van der Waals surface area (Å²) in [6, 6.07) is 8.10. The van der Waals surface area contributed by atoms with Crippen LogP contribution in [0.15, 0.2) is 65.8 Å². The third-order valence-electron chi connectivity index (χ3n) is 5.05. The predicted molar refractivity (Wildman–Crippen MR) is 106 cm³/mol. The van der Waals surface area contributed by atoms with Gasteiger partial charge < -0.3 is 5.11 Å². The molecule has 0 saturated carbocycles. The summed E-state index contributed by atoms with van der Waals surface area (Å²) in [6.07, 6.45) is 8.87. The number of pyridine rings is 1. The van der Waals surface area contributed by atoms with Crippen LogP contribution in [-0.2, 0) is 14.8 Å². The second kappa shape index (κ2) is 9.28. The highest BCUT2D eigenvalue weighted by Crippen LogP contribution is 2.42. The van der Waals surface area contributed by atoms with E-state index in [1.54, 1.807) is 18.5 Å². The van der Waals surface area contributed by atoms with E-state index in [2.05, 4.69) is 4.98 Å².